The van der Waals surface area contributed by atoms with E-state index in [9.17, 15) is 4.39 Å². The second-order valence-corrected chi connectivity index (χ2v) is 7.42. The van der Waals surface area contributed by atoms with Crippen molar-refractivity contribution in [1.82, 2.24) is 15.3 Å². The van der Waals surface area contributed by atoms with Crippen LogP contribution in [0.2, 0.25) is 0 Å². The molecule has 1 saturated heterocycles. The van der Waals surface area contributed by atoms with Crippen molar-refractivity contribution in [2.24, 2.45) is 0 Å². The lowest BCUT2D eigenvalue weighted by Gasteiger charge is -2.27. The Bertz CT molecular complexity index is 950. The summed E-state index contributed by atoms with van der Waals surface area (Å²) in [7, 11) is 0. The quantitative estimate of drug-likeness (QED) is 0.701. The number of aryl methyl sites for hydroxylation is 1. The van der Waals surface area contributed by atoms with E-state index in [-0.39, 0.29) is 5.82 Å². The number of benzene rings is 1. The van der Waals surface area contributed by atoms with E-state index in [0.717, 1.165) is 48.2 Å². The van der Waals surface area contributed by atoms with Gasteiger partial charge in [0.2, 0.25) is 5.95 Å². The molecule has 0 bridgehead atoms. The molecule has 2 aromatic heterocycles. The summed E-state index contributed by atoms with van der Waals surface area (Å²) in [6.45, 7) is 6.70. The lowest BCUT2D eigenvalue weighted by Crippen LogP contribution is -2.44. The third-order valence-electron chi connectivity index (χ3n) is 4.03. The molecule has 4 rings (SSSR count). The maximum absolute atomic E-state index is 14.3. The number of nitrogens with one attached hydrogen (secondary N) is 1. The van der Waals surface area contributed by atoms with Crippen molar-refractivity contribution in [3.63, 3.8) is 0 Å². The number of rotatable bonds is 2. The van der Waals surface area contributed by atoms with E-state index in [1.165, 1.54) is 6.07 Å². The van der Waals surface area contributed by atoms with Gasteiger partial charge in [-0.1, -0.05) is 12.1 Å². The van der Waals surface area contributed by atoms with E-state index in [2.05, 4.69) is 10.2 Å². The summed E-state index contributed by atoms with van der Waals surface area (Å²) < 4.78 is 14.3. The number of nitrogens with zero attached hydrogens (tertiary/aromatic N) is 3. The topological polar surface area (TPSA) is 78.3 Å². The smallest absolute Gasteiger partial charge is 0.300 e. The minimum atomic E-state index is -0.833. The molecule has 3 aromatic rings. The van der Waals surface area contributed by atoms with Gasteiger partial charge in [0.1, 0.15) is 10.6 Å². The lowest BCUT2D eigenvalue weighted by atomic mass is 10.1. The maximum atomic E-state index is 14.3. The Morgan fingerprint density at radius 1 is 1.26 bits per heavy atom. The van der Waals surface area contributed by atoms with Crippen LogP contribution in [-0.2, 0) is 4.79 Å². The largest absolute Gasteiger partial charge is 0.481 e. The molecule has 0 atom stereocenters. The predicted octanol–water partition coefficient (Wildman–Crippen LogP) is 3.31. The third kappa shape index (κ3) is 4.58. The van der Waals surface area contributed by atoms with Crippen LogP contribution < -0.4 is 10.2 Å². The molecule has 0 amide bonds. The zero-order valence-corrected chi connectivity index (χ0v) is 16.0. The number of halogens is 1. The van der Waals surface area contributed by atoms with Crippen molar-refractivity contribution in [2.45, 2.75) is 13.8 Å². The molecule has 1 aliphatic rings. The van der Waals surface area contributed by atoms with Gasteiger partial charge < -0.3 is 15.3 Å². The molecule has 0 aliphatic carbocycles. The van der Waals surface area contributed by atoms with Crippen LogP contribution in [0, 0.1) is 12.7 Å². The average Bonchev–Trinajstić information content (AvgIpc) is 3.02. The molecule has 1 fully saturated rings. The third-order valence-corrected chi connectivity index (χ3v) is 4.98. The van der Waals surface area contributed by atoms with E-state index in [0.29, 0.717) is 17.2 Å². The van der Waals surface area contributed by atoms with Gasteiger partial charge in [-0.15, -0.1) is 11.3 Å². The SMILES string of the molecule is CC(=O)O.Cc1cc2c(-c3ccccc3F)nc(N3CCNCC3)nc2s1. The van der Waals surface area contributed by atoms with Crippen LogP contribution >= 0.6 is 11.3 Å². The van der Waals surface area contributed by atoms with Crippen molar-refractivity contribution in [1.29, 1.82) is 0 Å². The van der Waals surface area contributed by atoms with Crippen LogP contribution in [0.3, 0.4) is 0 Å². The van der Waals surface area contributed by atoms with Gasteiger partial charge in [-0.2, -0.15) is 0 Å². The minimum Gasteiger partial charge on any atom is -0.481 e. The molecule has 3 heterocycles. The van der Waals surface area contributed by atoms with Gasteiger partial charge in [-0.3, -0.25) is 4.79 Å². The second-order valence-electron chi connectivity index (χ2n) is 6.18. The molecular weight excluding hydrogens is 367 g/mol. The monoisotopic (exact) mass is 388 g/mol. The van der Waals surface area contributed by atoms with Gasteiger partial charge in [-0.05, 0) is 25.1 Å². The molecule has 6 nitrogen and oxygen atoms in total. The molecule has 142 valence electrons. The van der Waals surface area contributed by atoms with Crippen LogP contribution in [0.25, 0.3) is 21.5 Å². The minimum absolute atomic E-state index is 0.248. The van der Waals surface area contributed by atoms with Gasteiger partial charge in [0.25, 0.3) is 5.97 Å². The van der Waals surface area contributed by atoms with Gasteiger partial charge in [0.05, 0.1) is 5.69 Å². The highest BCUT2D eigenvalue weighted by Gasteiger charge is 2.19. The molecule has 27 heavy (non-hydrogen) atoms. The number of carboxylic acids is 1. The number of piperazine rings is 1. The average molecular weight is 388 g/mol. The maximum Gasteiger partial charge on any atom is 0.300 e. The summed E-state index contributed by atoms with van der Waals surface area (Å²) in [5, 5.41) is 11.7. The zero-order chi connectivity index (χ0) is 19.4. The van der Waals surface area contributed by atoms with Crippen molar-refractivity contribution in [3.8, 4) is 11.3 Å². The summed E-state index contributed by atoms with van der Waals surface area (Å²) in [5.41, 5.74) is 1.22. The number of aliphatic carboxylic acids is 1. The first kappa shape index (κ1) is 19.2. The number of aromatic nitrogens is 2. The Morgan fingerprint density at radius 3 is 2.59 bits per heavy atom. The lowest BCUT2D eigenvalue weighted by molar-refractivity contribution is -0.134. The van der Waals surface area contributed by atoms with Gasteiger partial charge in [0.15, 0.2) is 0 Å². The molecule has 0 spiro atoms. The molecule has 8 heteroatoms. The van der Waals surface area contributed by atoms with Gasteiger partial charge in [-0.25, -0.2) is 14.4 Å². The fourth-order valence-corrected chi connectivity index (χ4v) is 3.77. The summed E-state index contributed by atoms with van der Waals surface area (Å²) in [5.74, 6) is -0.387. The summed E-state index contributed by atoms with van der Waals surface area (Å²) in [4.78, 5) is 22.7. The Labute approximate surface area is 160 Å². The fourth-order valence-electron chi connectivity index (χ4n) is 2.90. The molecule has 1 aliphatic heterocycles. The Morgan fingerprint density at radius 2 is 1.93 bits per heavy atom. The number of hydrogen-bond acceptors (Lipinski definition) is 6. The summed E-state index contributed by atoms with van der Waals surface area (Å²) in [6, 6.07) is 8.85. The summed E-state index contributed by atoms with van der Waals surface area (Å²) in [6.07, 6.45) is 0. The number of anilines is 1. The van der Waals surface area contributed by atoms with Gasteiger partial charge >= 0.3 is 0 Å². The van der Waals surface area contributed by atoms with Crippen molar-refractivity contribution in [3.05, 3.63) is 41.0 Å². The normalized spacial score (nSPS) is 14.0. The van der Waals surface area contributed by atoms with Crippen molar-refractivity contribution >= 4 is 33.5 Å². The first-order valence-corrected chi connectivity index (χ1v) is 9.45. The van der Waals surface area contributed by atoms with Crippen LogP contribution in [-0.4, -0.2) is 47.2 Å². The molecule has 2 N–H and O–H groups in total. The van der Waals surface area contributed by atoms with E-state index in [1.54, 1.807) is 23.5 Å². The summed E-state index contributed by atoms with van der Waals surface area (Å²) >= 11 is 1.63. The zero-order valence-electron chi connectivity index (χ0n) is 15.2. The van der Waals surface area contributed by atoms with Gasteiger partial charge in [0, 0.05) is 48.9 Å². The number of hydrogen-bond donors (Lipinski definition) is 2. The molecule has 0 radical (unpaired) electrons. The first-order valence-electron chi connectivity index (χ1n) is 8.64. The highest BCUT2D eigenvalue weighted by atomic mass is 32.1. The molecular formula is C19H21FN4O2S. The van der Waals surface area contributed by atoms with Crippen molar-refractivity contribution in [2.75, 3.05) is 31.1 Å². The van der Waals surface area contributed by atoms with Crippen LogP contribution in [0.1, 0.15) is 11.8 Å². The Balaban J connectivity index is 0.000000481. The van der Waals surface area contributed by atoms with Crippen LogP contribution in [0.5, 0.6) is 0 Å². The second kappa shape index (κ2) is 8.41. The van der Waals surface area contributed by atoms with E-state index >= 15 is 0 Å². The highest BCUT2D eigenvalue weighted by Crippen LogP contribution is 2.34. The Hall–Kier alpha value is -2.58. The molecule has 0 unspecified atom stereocenters. The van der Waals surface area contributed by atoms with Crippen LogP contribution in [0.15, 0.2) is 30.3 Å². The highest BCUT2D eigenvalue weighted by molar-refractivity contribution is 7.18. The van der Waals surface area contributed by atoms with E-state index in [1.807, 2.05) is 19.1 Å². The first-order chi connectivity index (χ1) is 13.0. The number of fused-ring (bicyclic) bond motifs is 1. The van der Waals surface area contributed by atoms with E-state index in [4.69, 9.17) is 19.9 Å². The predicted molar refractivity (Wildman–Crippen MR) is 106 cm³/mol. The number of carboxylic acid groups (broad SMARTS) is 1. The van der Waals surface area contributed by atoms with Crippen molar-refractivity contribution < 1.29 is 14.3 Å². The molecule has 1 aromatic carbocycles. The van der Waals surface area contributed by atoms with E-state index < -0.39 is 5.97 Å². The fraction of sp³-hybridized carbons (Fsp3) is 0.316. The molecule has 0 saturated carbocycles. The van der Waals surface area contributed by atoms with Crippen LogP contribution in [0.4, 0.5) is 10.3 Å². The number of carbonyl (C=O) groups is 1. The number of thiophene rings is 1. The standard InChI is InChI=1S/C17H17FN4S.C2H4O2/c1-11-10-13-15(12-4-2-3-5-14(12)18)20-17(21-16(13)23-11)22-8-6-19-7-9-22;1-2(3)4/h2-5,10,19H,6-9H2,1H3;1H3,(H,3,4). The Kier molecular flexibility index (Phi) is 5.98.